The van der Waals surface area contributed by atoms with Crippen molar-refractivity contribution in [2.45, 2.75) is 62.6 Å². The highest BCUT2D eigenvalue weighted by molar-refractivity contribution is 7.90. The highest BCUT2D eigenvalue weighted by Gasteiger charge is 2.29. The molecule has 1 aliphatic carbocycles. The van der Waals surface area contributed by atoms with Crippen molar-refractivity contribution in [2.24, 2.45) is 5.73 Å². The van der Waals surface area contributed by atoms with Gasteiger partial charge >= 0.3 is 6.09 Å². The van der Waals surface area contributed by atoms with Crippen LogP contribution in [0.5, 0.6) is 0 Å². The van der Waals surface area contributed by atoms with Crippen LogP contribution in [0.2, 0.25) is 0 Å². The number of carbonyl (C=O) groups is 2. The van der Waals surface area contributed by atoms with Crippen LogP contribution in [0.1, 0.15) is 54.9 Å². The van der Waals surface area contributed by atoms with Gasteiger partial charge in [-0.2, -0.15) is 0 Å². The molecule has 10 nitrogen and oxygen atoms in total. The molecule has 1 heterocycles. The normalized spacial score (nSPS) is 17.6. The van der Waals surface area contributed by atoms with E-state index in [1.54, 1.807) is 18.2 Å². The average Bonchev–Trinajstić information content (AvgIpc) is 3.24. The highest BCUT2D eigenvalue weighted by atomic mass is 32.2. The summed E-state index contributed by atoms with van der Waals surface area (Å²) in [5, 5.41) is 9.35. The van der Waals surface area contributed by atoms with Gasteiger partial charge in [0, 0.05) is 24.5 Å². The van der Waals surface area contributed by atoms with Crippen molar-refractivity contribution < 1.29 is 22.7 Å². The van der Waals surface area contributed by atoms with Gasteiger partial charge in [-0.3, -0.25) is 4.79 Å². The summed E-state index contributed by atoms with van der Waals surface area (Å²) >= 11 is 0. The maximum absolute atomic E-state index is 12.1. The molecule has 1 aliphatic rings. The lowest BCUT2D eigenvalue weighted by molar-refractivity contribution is 0.112. The van der Waals surface area contributed by atoms with Gasteiger partial charge in [0.2, 0.25) is 0 Å². The predicted molar refractivity (Wildman–Crippen MR) is 135 cm³/mol. The number of hydrogen-bond donors (Lipinski definition) is 4. The third-order valence-corrected chi connectivity index (χ3v) is 7.00. The zero-order chi connectivity index (χ0) is 25.4. The van der Waals surface area contributed by atoms with E-state index in [0.717, 1.165) is 38.4 Å². The van der Waals surface area contributed by atoms with E-state index in [1.807, 2.05) is 6.92 Å². The summed E-state index contributed by atoms with van der Waals surface area (Å²) in [7, 11) is -3.40. The van der Waals surface area contributed by atoms with Gasteiger partial charge in [-0.05, 0) is 55.5 Å². The predicted octanol–water partition coefficient (Wildman–Crippen LogP) is 3.36. The van der Waals surface area contributed by atoms with E-state index in [-0.39, 0.29) is 29.3 Å². The van der Waals surface area contributed by atoms with Crippen LogP contribution >= 0.6 is 0 Å². The monoisotopic (exact) mass is 503 g/mol. The lowest BCUT2D eigenvalue weighted by atomic mass is 10.1. The molecule has 1 aromatic carbocycles. The minimum Gasteiger partial charge on any atom is -0.450 e. The fourth-order valence-electron chi connectivity index (χ4n) is 4.02. The van der Waals surface area contributed by atoms with Gasteiger partial charge in [-0.15, -0.1) is 0 Å². The number of benzene rings is 1. The van der Waals surface area contributed by atoms with Crippen LogP contribution in [0.3, 0.4) is 0 Å². The Morgan fingerprint density at radius 2 is 2.03 bits per heavy atom. The zero-order valence-corrected chi connectivity index (χ0v) is 20.9. The Morgan fingerprint density at radius 3 is 2.71 bits per heavy atom. The van der Waals surface area contributed by atoms with E-state index in [1.165, 1.54) is 12.1 Å². The van der Waals surface area contributed by atoms with E-state index in [9.17, 15) is 18.0 Å². The molecule has 2 atom stereocenters. The first-order valence-corrected chi connectivity index (χ1v) is 13.6. The maximum Gasteiger partial charge on any atom is 0.407 e. The molecular formula is C24H33N5O5S. The lowest BCUT2D eigenvalue weighted by Gasteiger charge is -2.23. The number of hydrogen-bond acceptors (Lipinski definition) is 9. The molecule has 190 valence electrons. The molecule has 35 heavy (non-hydrogen) atoms. The molecule has 0 radical (unpaired) electrons. The first kappa shape index (κ1) is 26.4. The van der Waals surface area contributed by atoms with Gasteiger partial charge < -0.3 is 26.4 Å². The third-order valence-electron chi connectivity index (χ3n) is 5.89. The molecule has 5 N–H and O–H groups in total. The number of pyridine rings is 1. The molecule has 2 aromatic rings. The second-order valence-corrected chi connectivity index (χ2v) is 10.6. The van der Waals surface area contributed by atoms with Crippen LogP contribution in [-0.4, -0.2) is 50.7 Å². The van der Waals surface area contributed by atoms with Crippen LogP contribution < -0.4 is 21.7 Å². The summed E-state index contributed by atoms with van der Waals surface area (Å²) in [5.74, 6) is 0.758. The molecule has 0 spiro atoms. The average molecular weight is 504 g/mol. The maximum atomic E-state index is 12.1. The number of nitrogens with two attached hydrogens (primary N) is 1. The first-order chi connectivity index (χ1) is 16.7. The number of rotatable bonds is 11. The van der Waals surface area contributed by atoms with E-state index in [2.05, 4.69) is 20.9 Å². The van der Waals surface area contributed by atoms with Crippen LogP contribution in [0, 0.1) is 0 Å². The summed E-state index contributed by atoms with van der Waals surface area (Å²) in [4.78, 5) is 28.7. The minimum absolute atomic E-state index is 0.0738. The SMILES string of the molecule is CCCCOC(=O)N[C@H]1CCC[C@H]1Nc1cc(CN)c(C=O)c(Nc2cccc(S(C)(=O)=O)c2)n1. The van der Waals surface area contributed by atoms with Gasteiger partial charge in [0.1, 0.15) is 11.6 Å². The van der Waals surface area contributed by atoms with Crippen LogP contribution in [0.25, 0.3) is 0 Å². The zero-order valence-electron chi connectivity index (χ0n) is 20.0. The van der Waals surface area contributed by atoms with Crippen LogP contribution in [0.4, 0.5) is 22.1 Å². The minimum atomic E-state index is -3.40. The molecule has 11 heteroatoms. The molecule has 0 aliphatic heterocycles. The van der Waals surface area contributed by atoms with Gasteiger partial charge in [0.05, 0.1) is 23.1 Å². The standard InChI is InChI=1S/C24H33N5O5S/c1-3-4-11-34-24(31)28-21-10-6-9-20(21)27-22-12-16(14-25)19(15-30)23(29-22)26-17-7-5-8-18(13-17)35(2,32)33/h5,7-8,12-13,15,20-21H,3-4,6,9-11,14,25H2,1-2H3,(H,28,31)(H2,26,27,29)/t20-,21+/m1/s1. The number of nitrogens with zero attached hydrogens (tertiary/aromatic N) is 1. The topological polar surface area (TPSA) is 153 Å². The molecule has 0 bridgehead atoms. The quantitative estimate of drug-likeness (QED) is 0.267. The van der Waals surface area contributed by atoms with Crippen molar-refractivity contribution in [2.75, 3.05) is 23.5 Å². The molecule has 0 unspecified atom stereocenters. The van der Waals surface area contributed by atoms with Crippen molar-refractivity contribution in [3.63, 3.8) is 0 Å². The Balaban J connectivity index is 1.81. The van der Waals surface area contributed by atoms with E-state index in [4.69, 9.17) is 10.5 Å². The Hall–Kier alpha value is -3.18. The fourth-order valence-corrected chi connectivity index (χ4v) is 4.68. The molecule has 1 saturated carbocycles. The number of alkyl carbamates (subject to hydrolysis) is 1. The van der Waals surface area contributed by atoms with Crippen molar-refractivity contribution >= 4 is 39.5 Å². The summed E-state index contributed by atoms with van der Waals surface area (Å²) in [6.45, 7) is 2.53. The summed E-state index contributed by atoms with van der Waals surface area (Å²) < 4.78 is 29.1. The first-order valence-electron chi connectivity index (χ1n) is 11.7. The summed E-state index contributed by atoms with van der Waals surface area (Å²) in [6, 6.07) is 7.80. The van der Waals surface area contributed by atoms with Crippen molar-refractivity contribution in [1.29, 1.82) is 0 Å². The molecule has 1 amide bonds. The van der Waals surface area contributed by atoms with E-state index in [0.29, 0.717) is 35.5 Å². The molecule has 0 saturated heterocycles. The Bertz CT molecular complexity index is 1150. The second kappa shape index (κ2) is 12.0. The number of carbonyl (C=O) groups excluding carboxylic acids is 2. The third kappa shape index (κ3) is 7.15. The van der Waals surface area contributed by atoms with Crippen LogP contribution in [-0.2, 0) is 21.1 Å². The summed E-state index contributed by atoms with van der Waals surface area (Å²) in [6.07, 6.45) is 5.69. The number of aromatic nitrogens is 1. The van der Waals surface area contributed by atoms with Crippen molar-refractivity contribution in [3.8, 4) is 0 Å². The highest BCUT2D eigenvalue weighted by Crippen LogP contribution is 2.28. The smallest absolute Gasteiger partial charge is 0.407 e. The van der Waals surface area contributed by atoms with Crippen molar-refractivity contribution in [3.05, 3.63) is 41.5 Å². The fraction of sp³-hybridized carbons (Fsp3) is 0.458. The largest absolute Gasteiger partial charge is 0.450 e. The number of unbranched alkanes of at least 4 members (excludes halogenated alkanes) is 1. The lowest BCUT2D eigenvalue weighted by Crippen LogP contribution is -2.43. The Kier molecular flexibility index (Phi) is 9.05. The second-order valence-electron chi connectivity index (χ2n) is 8.60. The Morgan fingerprint density at radius 1 is 1.26 bits per heavy atom. The van der Waals surface area contributed by atoms with E-state index >= 15 is 0 Å². The van der Waals surface area contributed by atoms with E-state index < -0.39 is 15.9 Å². The molecule has 1 fully saturated rings. The van der Waals surface area contributed by atoms with Crippen LogP contribution in [0.15, 0.2) is 35.2 Å². The molecule has 1 aromatic heterocycles. The number of aldehydes is 1. The van der Waals surface area contributed by atoms with Gasteiger partial charge in [-0.25, -0.2) is 18.2 Å². The number of anilines is 3. The number of amides is 1. The van der Waals surface area contributed by atoms with Gasteiger partial charge in [0.15, 0.2) is 16.1 Å². The molecular weight excluding hydrogens is 470 g/mol. The Labute approximate surface area is 205 Å². The number of nitrogens with one attached hydrogen (secondary N) is 3. The number of ether oxygens (including phenoxy) is 1. The molecule has 3 rings (SSSR count). The number of sulfone groups is 1. The van der Waals surface area contributed by atoms with Gasteiger partial charge in [-0.1, -0.05) is 19.4 Å². The summed E-state index contributed by atoms with van der Waals surface area (Å²) in [5.41, 5.74) is 7.25. The van der Waals surface area contributed by atoms with Crippen molar-refractivity contribution in [1.82, 2.24) is 10.3 Å². The van der Waals surface area contributed by atoms with Gasteiger partial charge in [0.25, 0.3) is 0 Å².